The van der Waals surface area contributed by atoms with Crippen molar-refractivity contribution in [1.29, 1.82) is 0 Å². The molecule has 3 aliphatic heterocycles. The van der Waals surface area contributed by atoms with Crippen molar-refractivity contribution < 1.29 is 14.3 Å². The number of ether oxygens (including phenoxy) is 2. The predicted octanol–water partition coefficient (Wildman–Crippen LogP) is 1.30. The molecule has 118 valence electrons. The third-order valence-corrected chi connectivity index (χ3v) is 4.46. The molecule has 3 aliphatic rings. The van der Waals surface area contributed by atoms with Gasteiger partial charge in [-0.2, -0.15) is 5.10 Å². The molecule has 4 heterocycles. The molecule has 1 aromatic heterocycles. The molecule has 7 nitrogen and oxygen atoms in total. The van der Waals surface area contributed by atoms with Gasteiger partial charge in [-0.15, -0.1) is 0 Å². The number of carbonyl (C=O) groups excluding carboxylic acids is 1. The van der Waals surface area contributed by atoms with Crippen LogP contribution in [0.3, 0.4) is 0 Å². The molecule has 0 saturated carbocycles. The number of nitrogens with zero attached hydrogens (tertiary/aromatic N) is 4. The number of rotatable bonds is 2. The number of fused-ring (bicyclic) bond motifs is 2. The lowest BCUT2D eigenvalue weighted by Gasteiger charge is -2.21. The minimum absolute atomic E-state index is 0.0814. The molecule has 2 bridgehead atoms. The van der Waals surface area contributed by atoms with Crippen molar-refractivity contribution in [2.75, 3.05) is 26.7 Å². The van der Waals surface area contributed by atoms with E-state index < -0.39 is 5.79 Å². The van der Waals surface area contributed by atoms with E-state index in [1.807, 2.05) is 42.7 Å². The minimum Gasteiger partial charge on any atom is -0.347 e. The summed E-state index contributed by atoms with van der Waals surface area (Å²) < 4.78 is 13.3. The van der Waals surface area contributed by atoms with Gasteiger partial charge in [-0.3, -0.25) is 0 Å². The van der Waals surface area contributed by atoms with Crippen molar-refractivity contribution in [3.8, 4) is 0 Å². The van der Waals surface area contributed by atoms with Gasteiger partial charge in [-0.1, -0.05) is 0 Å². The highest BCUT2D eigenvalue weighted by molar-refractivity contribution is 5.80. The van der Waals surface area contributed by atoms with Crippen molar-refractivity contribution in [3.05, 3.63) is 24.0 Å². The average Bonchev–Trinajstić information content (AvgIpc) is 3.15. The molecule has 2 fully saturated rings. The summed E-state index contributed by atoms with van der Waals surface area (Å²) in [6, 6.07) is 2.17. The third kappa shape index (κ3) is 2.12. The lowest BCUT2D eigenvalue weighted by atomic mass is 10.2. The maximum absolute atomic E-state index is 12.0. The first-order valence-electron chi connectivity index (χ1n) is 7.53. The fourth-order valence-electron chi connectivity index (χ4n) is 3.21. The maximum atomic E-state index is 12.0. The Labute approximate surface area is 129 Å². The zero-order valence-electron chi connectivity index (χ0n) is 13.0. The summed E-state index contributed by atoms with van der Waals surface area (Å²) in [6.07, 6.45) is 3.90. The van der Waals surface area contributed by atoms with E-state index in [1.165, 1.54) is 0 Å². The second-order valence-electron chi connectivity index (χ2n) is 6.50. The van der Waals surface area contributed by atoms with Gasteiger partial charge in [0.1, 0.15) is 6.10 Å². The molecular formula is C15H20N4O3. The lowest BCUT2D eigenvalue weighted by molar-refractivity contribution is -0.139. The summed E-state index contributed by atoms with van der Waals surface area (Å²) in [6.45, 7) is 5.67. The van der Waals surface area contributed by atoms with Crippen LogP contribution in [0.5, 0.6) is 0 Å². The molecule has 0 N–H and O–H groups in total. The summed E-state index contributed by atoms with van der Waals surface area (Å²) in [5.41, 5.74) is 1.89. The van der Waals surface area contributed by atoms with Crippen LogP contribution in [0.25, 0.3) is 5.70 Å². The lowest BCUT2D eigenvalue weighted by Crippen LogP contribution is -2.31. The average molecular weight is 304 g/mol. The Morgan fingerprint density at radius 3 is 2.91 bits per heavy atom. The van der Waals surface area contributed by atoms with Crippen LogP contribution >= 0.6 is 0 Å². The van der Waals surface area contributed by atoms with Gasteiger partial charge in [0.2, 0.25) is 0 Å². The van der Waals surface area contributed by atoms with Crippen molar-refractivity contribution in [2.45, 2.75) is 31.8 Å². The standard InChI is InChI=1S/C15H20N4O3/c1-15(2)21-9-13(22-15)12-4-5-19(16-12)11-6-10-7-18(8-11)14(20)17(10)3/h4-6,10,13H,7-9H2,1-3H3. The van der Waals surface area contributed by atoms with Crippen molar-refractivity contribution in [2.24, 2.45) is 0 Å². The normalized spacial score (nSPS) is 30.1. The van der Waals surface area contributed by atoms with Crippen LogP contribution in [0.1, 0.15) is 25.6 Å². The SMILES string of the molecule is CN1C(=O)N2CC(n3ccc(C4COC(C)(C)O4)n3)=CC1C2. The quantitative estimate of drug-likeness (QED) is 0.826. The van der Waals surface area contributed by atoms with Gasteiger partial charge in [0, 0.05) is 19.8 Å². The van der Waals surface area contributed by atoms with Gasteiger partial charge in [-0.05, 0) is 26.0 Å². The van der Waals surface area contributed by atoms with Crippen LogP contribution in [0.15, 0.2) is 18.3 Å². The smallest absolute Gasteiger partial charge is 0.320 e. The van der Waals surface area contributed by atoms with E-state index in [2.05, 4.69) is 11.2 Å². The highest BCUT2D eigenvalue weighted by Gasteiger charge is 2.38. The second-order valence-corrected chi connectivity index (χ2v) is 6.50. The van der Waals surface area contributed by atoms with E-state index in [0.29, 0.717) is 13.2 Å². The molecule has 0 aromatic carbocycles. The van der Waals surface area contributed by atoms with Crippen molar-refractivity contribution >= 4 is 11.7 Å². The van der Waals surface area contributed by atoms with Gasteiger partial charge in [0.25, 0.3) is 0 Å². The van der Waals surface area contributed by atoms with Gasteiger partial charge in [-0.25, -0.2) is 9.48 Å². The zero-order valence-corrected chi connectivity index (χ0v) is 13.0. The van der Waals surface area contributed by atoms with E-state index in [1.54, 1.807) is 4.90 Å². The Morgan fingerprint density at radius 2 is 2.23 bits per heavy atom. The highest BCUT2D eigenvalue weighted by atomic mass is 16.7. The molecule has 2 unspecified atom stereocenters. The van der Waals surface area contributed by atoms with Crippen molar-refractivity contribution in [1.82, 2.24) is 19.6 Å². The zero-order chi connectivity index (χ0) is 15.5. The molecule has 2 amide bonds. The number of hydrogen-bond acceptors (Lipinski definition) is 4. The fraction of sp³-hybridized carbons (Fsp3) is 0.600. The van der Waals surface area contributed by atoms with Gasteiger partial charge in [0.15, 0.2) is 5.79 Å². The summed E-state index contributed by atoms with van der Waals surface area (Å²) in [4.78, 5) is 15.6. The van der Waals surface area contributed by atoms with E-state index >= 15 is 0 Å². The largest absolute Gasteiger partial charge is 0.347 e. The number of likely N-dealkylation sites (N-methyl/N-ethyl adjacent to an activating group) is 1. The summed E-state index contributed by atoms with van der Waals surface area (Å²) in [5, 5.41) is 4.62. The van der Waals surface area contributed by atoms with Crippen LogP contribution in [0.4, 0.5) is 4.79 Å². The summed E-state index contributed by atoms with van der Waals surface area (Å²) >= 11 is 0. The maximum Gasteiger partial charge on any atom is 0.320 e. The van der Waals surface area contributed by atoms with Crippen LogP contribution in [0, 0.1) is 0 Å². The molecule has 4 rings (SSSR count). The minimum atomic E-state index is -0.557. The Hall–Kier alpha value is -1.86. The van der Waals surface area contributed by atoms with Gasteiger partial charge < -0.3 is 19.3 Å². The molecule has 0 spiro atoms. The van der Waals surface area contributed by atoms with Crippen LogP contribution < -0.4 is 0 Å². The molecule has 2 saturated heterocycles. The number of urea groups is 1. The molecule has 22 heavy (non-hydrogen) atoms. The Morgan fingerprint density at radius 1 is 1.41 bits per heavy atom. The molecule has 7 heteroatoms. The Balaban J connectivity index is 1.56. The number of hydrogen-bond donors (Lipinski definition) is 0. The van der Waals surface area contributed by atoms with Crippen LogP contribution in [-0.2, 0) is 9.47 Å². The summed E-state index contributed by atoms with van der Waals surface area (Å²) in [5.74, 6) is -0.557. The molecule has 2 atom stereocenters. The molecular weight excluding hydrogens is 284 g/mol. The third-order valence-electron chi connectivity index (χ3n) is 4.46. The topological polar surface area (TPSA) is 59.8 Å². The molecule has 1 aromatic rings. The van der Waals surface area contributed by atoms with Crippen molar-refractivity contribution in [3.63, 3.8) is 0 Å². The molecule has 0 radical (unpaired) electrons. The second kappa shape index (κ2) is 4.57. The number of amides is 2. The predicted molar refractivity (Wildman–Crippen MR) is 78.9 cm³/mol. The van der Waals surface area contributed by atoms with Crippen LogP contribution in [-0.4, -0.2) is 64.2 Å². The van der Waals surface area contributed by atoms with E-state index in [0.717, 1.165) is 17.9 Å². The van der Waals surface area contributed by atoms with Crippen LogP contribution in [0.2, 0.25) is 0 Å². The summed E-state index contributed by atoms with van der Waals surface area (Å²) in [7, 11) is 1.84. The first kappa shape index (κ1) is 13.8. The number of carbonyl (C=O) groups is 1. The number of aromatic nitrogens is 2. The Bertz CT molecular complexity index is 651. The van der Waals surface area contributed by atoms with Gasteiger partial charge in [0.05, 0.1) is 30.6 Å². The highest BCUT2D eigenvalue weighted by Crippen LogP contribution is 2.32. The monoisotopic (exact) mass is 304 g/mol. The fourth-order valence-corrected chi connectivity index (χ4v) is 3.21. The Kier molecular flexibility index (Phi) is 2.86. The van der Waals surface area contributed by atoms with E-state index in [4.69, 9.17) is 9.47 Å². The van der Waals surface area contributed by atoms with Gasteiger partial charge >= 0.3 is 6.03 Å². The van der Waals surface area contributed by atoms with E-state index in [9.17, 15) is 4.79 Å². The van der Waals surface area contributed by atoms with E-state index in [-0.39, 0.29) is 18.2 Å². The first-order chi connectivity index (χ1) is 10.4. The molecule has 0 aliphatic carbocycles. The first-order valence-corrected chi connectivity index (χ1v) is 7.53.